The number of nitrogens with zero attached hydrogens (tertiary/aromatic N) is 2. The van der Waals surface area contributed by atoms with E-state index in [1.54, 1.807) is 35.2 Å². The molecule has 1 aliphatic rings. The van der Waals surface area contributed by atoms with Crippen molar-refractivity contribution in [2.75, 3.05) is 19.6 Å². The summed E-state index contributed by atoms with van der Waals surface area (Å²) in [6.45, 7) is 5.52. The van der Waals surface area contributed by atoms with Crippen LogP contribution < -0.4 is 5.32 Å². The average molecular weight is 494 g/mol. The number of halogens is 2. The van der Waals surface area contributed by atoms with Gasteiger partial charge in [0.15, 0.2) is 0 Å². The molecule has 0 aliphatic carbocycles. The van der Waals surface area contributed by atoms with Gasteiger partial charge in [-0.1, -0.05) is 47.6 Å². The van der Waals surface area contributed by atoms with Gasteiger partial charge >= 0.3 is 0 Å². The quantitative estimate of drug-likeness (QED) is 0.224. The molecule has 0 unspecified atom stereocenters. The number of nitro groups is 1. The highest BCUT2D eigenvalue weighted by Gasteiger charge is 2.21. The molecule has 2 aromatic carbocycles. The Hall–Kier alpha value is -2.55. The third-order valence-corrected chi connectivity index (χ3v) is 6.75. The lowest BCUT2D eigenvalue weighted by molar-refractivity contribution is -0.387. The predicted molar refractivity (Wildman–Crippen MR) is 126 cm³/mol. The van der Waals surface area contributed by atoms with Crippen molar-refractivity contribution in [3.8, 4) is 0 Å². The van der Waals surface area contributed by atoms with Gasteiger partial charge < -0.3 is 10.2 Å². The van der Waals surface area contributed by atoms with E-state index in [0.29, 0.717) is 51.3 Å². The molecule has 1 N–H and O–H groups in total. The lowest BCUT2D eigenvalue weighted by atomic mass is 10.1. The molecule has 0 aromatic heterocycles. The zero-order valence-electron chi connectivity index (χ0n) is 17.1. The number of carbonyl (C=O) groups is 2. The van der Waals surface area contributed by atoms with Crippen molar-refractivity contribution in [2.45, 2.75) is 29.1 Å². The number of hydrogen-bond acceptors (Lipinski definition) is 5. The summed E-state index contributed by atoms with van der Waals surface area (Å²) in [5.74, 6) is -0.265. The van der Waals surface area contributed by atoms with Crippen molar-refractivity contribution < 1.29 is 14.5 Å². The number of rotatable bonds is 9. The lowest BCUT2D eigenvalue weighted by Gasteiger charge is -2.15. The first-order valence-corrected chi connectivity index (χ1v) is 11.5. The highest BCUT2D eigenvalue weighted by atomic mass is 35.5. The zero-order chi connectivity index (χ0) is 23.3. The number of likely N-dealkylation sites (tertiary alicyclic amines) is 1. The maximum atomic E-state index is 12.4. The standard InChI is InChI=1S/C22H21Cl2N3O4S/c1-14(22(29)25-9-3-11-26-10-2-4-21(26)28)15-5-7-20(18(12-15)27(30)31)32-19-8-6-16(23)13-17(19)24/h5-8,12-13H,1-4,9-11H2,(H,25,29). The fourth-order valence-corrected chi connectivity index (χ4v) is 4.69. The monoisotopic (exact) mass is 493 g/mol. The third kappa shape index (κ3) is 6.03. The first kappa shape index (κ1) is 24.1. The van der Waals surface area contributed by atoms with Crippen LogP contribution >= 0.6 is 35.0 Å². The SMILES string of the molecule is C=C(C(=O)NCCCN1CCCC1=O)c1ccc(Sc2ccc(Cl)cc2Cl)c([N+](=O)[O-])c1. The van der Waals surface area contributed by atoms with Gasteiger partial charge in [0.2, 0.25) is 5.91 Å². The van der Waals surface area contributed by atoms with Crippen molar-refractivity contribution in [1.29, 1.82) is 0 Å². The van der Waals surface area contributed by atoms with Crippen LogP contribution in [0.4, 0.5) is 5.69 Å². The first-order chi connectivity index (χ1) is 15.3. The van der Waals surface area contributed by atoms with Crippen LogP contribution in [0.25, 0.3) is 5.57 Å². The fourth-order valence-electron chi connectivity index (χ4n) is 3.26. The normalized spacial score (nSPS) is 13.3. The molecule has 1 fully saturated rings. The average Bonchev–Trinajstić information content (AvgIpc) is 3.17. The fraction of sp³-hybridized carbons (Fsp3) is 0.273. The number of hydrogen-bond donors (Lipinski definition) is 1. The van der Waals surface area contributed by atoms with Gasteiger partial charge in [0.1, 0.15) is 0 Å². The van der Waals surface area contributed by atoms with Crippen LogP contribution in [0.5, 0.6) is 0 Å². The van der Waals surface area contributed by atoms with E-state index in [4.69, 9.17) is 23.2 Å². The maximum absolute atomic E-state index is 12.4. The highest BCUT2D eigenvalue weighted by molar-refractivity contribution is 7.99. The Bertz CT molecular complexity index is 1080. The molecular formula is C22H21Cl2N3O4S. The van der Waals surface area contributed by atoms with Gasteiger partial charge in [-0.25, -0.2) is 0 Å². The minimum Gasteiger partial charge on any atom is -0.352 e. The van der Waals surface area contributed by atoms with Gasteiger partial charge in [0.25, 0.3) is 11.6 Å². The van der Waals surface area contributed by atoms with Crippen LogP contribution in [0, 0.1) is 10.1 Å². The van der Waals surface area contributed by atoms with Crippen LogP contribution in [0.3, 0.4) is 0 Å². The van der Waals surface area contributed by atoms with E-state index in [9.17, 15) is 19.7 Å². The number of nitro benzene ring substituents is 1. The second-order valence-electron chi connectivity index (χ2n) is 7.19. The van der Waals surface area contributed by atoms with Crippen molar-refractivity contribution in [1.82, 2.24) is 10.2 Å². The van der Waals surface area contributed by atoms with Crippen LogP contribution in [0.1, 0.15) is 24.8 Å². The van der Waals surface area contributed by atoms with E-state index >= 15 is 0 Å². The third-order valence-electron chi connectivity index (χ3n) is 4.95. The molecule has 0 bridgehead atoms. The predicted octanol–water partition coefficient (Wildman–Crippen LogP) is 5.19. The summed E-state index contributed by atoms with van der Waals surface area (Å²) < 4.78 is 0. The highest BCUT2D eigenvalue weighted by Crippen LogP contribution is 2.40. The first-order valence-electron chi connectivity index (χ1n) is 9.93. The van der Waals surface area contributed by atoms with Crippen LogP contribution in [-0.4, -0.2) is 41.3 Å². The molecule has 1 heterocycles. The summed E-state index contributed by atoms with van der Waals surface area (Å²) in [5, 5.41) is 15.2. The molecule has 0 atom stereocenters. The molecule has 2 amide bonds. The molecule has 0 saturated carbocycles. The second kappa shape index (κ2) is 10.8. The topological polar surface area (TPSA) is 92.6 Å². The Morgan fingerprint density at radius 3 is 2.62 bits per heavy atom. The summed E-state index contributed by atoms with van der Waals surface area (Å²) in [6, 6.07) is 9.43. The smallest absolute Gasteiger partial charge is 0.283 e. The van der Waals surface area contributed by atoms with Gasteiger partial charge in [-0.15, -0.1) is 0 Å². The Morgan fingerprint density at radius 1 is 1.22 bits per heavy atom. The molecule has 10 heteroatoms. The number of nitrogens with one attached hydrogen (secondary N) is 1. The Morgan fingerprint density at radius 2 is 1.97 bits per heavy atom. The minimum atomic E-state index is -0.506. The summed E-state index contributed by atoms with van der Waals surface area (Å²) in [7, 11) is 0. The molecule has 0 radical (unpaired) electrons. The van der Waals surface area contributed by atoms with Gasteiger partial charge in [0, 0.05) is 47.6 Å². The lowest BCUT2D eigenvalue weighted by Crippen LogP contribution is -2.30. The summed E-state index contributed by atoms with van der Waals surface area (Å²) in [6.07, 6.45) is 2.09. The molecule has 3 rings (SSSR count). The Kier molecular flexibility index (Phi) is 8.17. The van der Waals surface area contributed by atoms with E-state index in [1.165, 1.54) is 6.07 Å². The van der Waals surface area contributed by atoms with Crippen molar-refractivity contribution in [2.24, 2.45) is 0 Å². The Labute approximate surface area is 199 Å². The summed E-state index contributed by atoms with van der Waals surface area (Å²) in [5.41, 5.74) is 0.335. The van der Waals surface area contributed by atoms with Crippen molar-refractivity contribution in [3.05, 3.63) is 68.7 Å². The molecular weight excluding hydrogens is 473 g/mol. The minimum absolute atomic E-state index is 0.131. The van der Waals surface area contributed by atoms with E-state index in [-0.39, 0.29) is 17.2 Å². The van der Waals surface area contributed by atoms with Crippen molar-refractivity contribution >= 4 is 58.0 Å². The zero-order valence-corrected chi connectivity index (χ0v) is 19.4. The van der Waals surface area contributed by atoms with Gasteiger partial charge in [-0.05, 0) is 42.7 Å². The molecule has 32 heavy (non-hydrogen) atoms. The molecule has 0 spiro atoms. The molecule has 168 valence electrons. The van der Waals surface area contributed by atoms with Gasteiger partial charge in [-0.2, -0.15) is 0 Å². The summed E-state index contributed by atoms with van der Waals surface area (Å²) >= 11 is 13.2. The van der Waals surface area contributed by atoms with E-state index in [1.807, 2.05) is 0 Å². The Balaban J connectivity index is 1.64. The largest absolute Gasteiger partial charge is 0.352 e. The number of benzene rings is 2. The number of amides is 2. The van der Waals surface area contributed by atoms with Crippen molar-refractivity contribution in [3.63, 3.8) is 0 Å². The molecule has 7 nitrogen and oxygen atoms in total. The number of carbonyl (C=O) groups excluding carboxylic acids is 2. The molecule has 1 saturated heterocycles. The molecule has 2 aromatic rings. The molecule has 1 aliphatic heterocycles. The van der Waals surface area contributed by atoms with Crippen LogP contribution in [0.15, 0.2) is 52.8 Å². The van der Waals surface area contributed by atoms with E-state index < -0.39 is 10.8 Å². The van der Waals surface area contributed by atoms with Gasteiger partial charge in [-0.3, -0.25) is 19.7 Å². The van der Waals surface area contributed by atoms with Crippen LogP contribution in [-0.2, 0) is 9.59 Å². The van der Waals surface area contributed by atoms with Gasteiger partial charge in [0.05, 0.1) is 14.8 Å². The van der Waals surface area contributed by atoms with Crippen LogP contribution in [0.2, 0.25) is 10.0 Å². The second-order valence-corrected chi connectivity index (χ2v) is 9.12. The van der Waals surface area contributed by atoms with E-state index in [0.717, 1.165) is 24.7 Å². The van der Waals surface area contributed by atoms with E-state index in [2.05, 4.69) is 11.9 Å². The summed E-state index contributed by atoms with van der Waals surface area (Å²) in [4.78, 5) is 38.0. The maximum Gasteiger partial charge on any atom is 0.283 e.